The number of hydrogen-bond acceptors (Lipinski definition) is 14. The van der Waals surface area contributed by atoms with E-state index < -0.39 is 5.97 Å². The number of nitrogen functional groups attached to an aromatic ring is 1. The summed E-state index contributed by atoms with van der Waals surface area (Å²) in [5, 5.41) is 23.1. The number of rotatable bonds is 15. The van der Waals surface area contributed by atoms with Crippen molar-refractivity contribution in [3.63, 3.8) is 0 Å². The number of fused-ring (bicyclic) bond motifs is 2. The summed E-state index contributed by atoms with van der Waals surface area (Å²) in [7, 11) is 2.91. The molecule has 10 rings (SSSR count). The van der Waals surface area contributed by atoms with E-state index in [1.54, 1.807) is 82.8 Å². The van der Waals surface area contributed by atoms with Crippen LogP contribution in [-0.4, -0.2) is 81.5 Å². The fourth-order valence-electron chi connectivity index (χ4n) is 8.47. The Morgan fingerprint density at radius 1 is 0.565 bits per heavy atom. The van der Waals surface area contributed by atoms with Gasteiger partial charge in [-0.2, -0.15) is 0 Å². The molecule has 17 nitrogen and oxygen atoms in total. The largest absolute Gasteiger partial charge is 0.504 e. The Kier molecular flexibility index (Phi) is 25.5. The standard InChI is InChI=1S/C23H18N2O3.C15H12N2O.C13H12N2O.C8H8O3.C8H18O3.CH4/c1-28-22-16(8-7-13-20(22)26)14-15-21-24-19-12-6-5-11-18(19)23(27)25(21)17-9-3-2-4-10-17;1-11-16-14-10-6-5-9-13(14)15(18)17(11)12-7-3-2-4-8-12;14-12-9-5-4-8-11(12)13(16)15-10-6-2-1-3-7-10;1-11-8-6(5-9)3-2-4-7(8)10;1-5-9-8(4,10-6-2)11-7-3;/h2-15,26H,1H3;2-10H,1H3;1-9H,14H2,(H,15,16);2-5,10H,1H3;5-7H2,1-4H3;1H4/b15-14+;;;;;. The van der Waals surface area contributed by atoms with Gasteiger partial charge in [-0.3, -0.25) is 28.3 Å². The molecule has 0 radical (unpaired) electrons. The number of ether oxygens (including phenoxy) is 5. The molecule has 5 N–H and O–H groups in total. The van der Waals surface area contributed by atoms with Crippen molar-refractivity contribution in [2.75, 3.05) is 45.1 Å². The van der Waals surface area contributed by atoms with Gasteiger partial charge in [-0.15, -0.1) is 0 Å². The predicted molar refractivity (Wildman–Crippen MR) is 338 cm³/mol. The molecule has 17 heteroatoms. The molecule has 10 aromatic rings. The van der Waals surface area contributed by atoms with E-state index in [1.165, 1.54) is 20.3 Å². The number of nitrogens with two attached hydrogens (primary N) is 1. The molecule has 0 spiro atoms. The lowest BCUT2D eigenvalue weighted by molar-refractivity contribution is -0.365. The Hall–Kier alpha value is -10.2. The molecule has 2 aromatic heterocycles. The summed E-state index contributed by atoms with van der Waals surface area (Å²) in [5.41, 5.74) is 11.3. The van der Waals surface area contributed by atoms with Gasteiger partial charge >= 0.3 is 0 Å². The molecule has 0 saturated heterocycles. The molecule has 0 bridgehead atoms. The lowest BCUT2D eigenvalue weighted by Gasteiger charge is -2.27. The van der Waals surface area contributed by atoms with E-state index in [0.29, 0.717) is 82.2 Å². The van der Waals surface area contributed by atoms with Crippen LogP contribution in [0, 0.1) is 6.92 Å². The molecule has 0 atom stereocenters. The van der Waals surface area contributed by atoms with Crippen LogP contribution >= 0.6 is 0 Å². The lowest BCUT2D eigenvalue weighted by Crippen LogP contribution is -2.35. The number of methoxy groups -OCH3 is 2. The number of anilines is 2. The monoisotopic (exact) mass is 1150 g/mol. The van der Waals surface area contributed by atoms with Crippen molar-refractivity contribution >= 4 is 57.5 Å². The molecule has 8 aromatic carbocycles. The van der Waals surface area contributed by atoms with Gasteiger partial charge in [-0.05, 0) is 131 Å². The van der Waals surface area contributed by atoms with Gasteiger partial charge in [0.25, 0.3) is 23.0 Å². The number of amides is 1. The van der Waals surface area contributed by atoms with Crippen LogP contribution in [0.15, 0.2) is 210 Å². The number of carbonyl (C=O) groups excluding carboxylic acids is 2. The zero-order valence-electron chi connectivity index (χ0n) is 47.8. The van der Waals surface area contributed by atoms with Crippen molar-refractivity contribution in [2.24, 2.45) is 0 Å². The highest BCUT2D eigenvalue weighted by molar-refractivity contribution is 6.07. The van der Waals surface area contributed by atoms with Crippen molar-refractivity contribution in [3.05, 3.63) is 249 Å². The zero-order chi connectivity index (χ0) is 60.4. The van der Waals surface area contributed by atoms with Crippen molar-refractivity contribution in [3.8, 4) is 34.4 Å². The van der Waals surface area contributed by atoms with Crippen LogP contribution in [-0.2, 0) is 14.2 Å². The van der Waals surface area contributed by atoms with E-state index in [9.17, 15) is 24.3 Å². The summed E-state index contributed by atoms with van der Waals surface area (Å²) >= 11 is 0. The highest BCUT2D eigenvalue weighted by atomic mass is 16.9. The van der Waals surface area contributed by atoms with Crippen LogP contribution in [0.3, 0.4) is 0 Å². The Balaban J connectivity index is 0.000000204. The molecule has 85 heavy (non-hydrogen) atoms. The third-order valence-corrected chi connectivity index (χ3v) is 12.2. The molecular weight excluding hydrogens is 1080 g/mol. The lowest BCUT2D eigenvalue weighted by atomic mass is 10.1. The van der Waals surface area contributed by atoms with Crippen LogP contribution in [0.5, 0.6) is 23.0 Å². The summed E-state index contributed by atoms with van der Waals surface area (Å²) in [6.45, 7) is 11.1. The third-order valence-electron chi connectivity index (χ3n) is 12.2. The number of benzene rings is 8. The average Bonchev–Trinajstić information content (AvgIpc) is 3.70. The number of nitrogens with zero attached hydrogens (tertiary/aromatic N) is 4. The Morgan fingerprint density at radius 2 is 1.00 bits per heavy atom. The first-order chi connectivity index (χ1) is 40.7. The van der Waals surface area contributed by atoms with Crippen LogP contribution in [0.2, 0.25) is 0 Å². The van der Waals surface area contributed by atoms with Crippen LogP contribution < -0.4 is 31.6 Å². The Bertz CT molecular complexity index is 3880. The number of aromatic nitrogens is 4. The van der Waals surface area contributed by atoms with E-state index in [1.807, 2.05) is 167 Å². The number of phenolic OH excluding ortho intramolecular Hbond substituents is 2. The second kappa shape index (κ2) is 33.0. The molecule has 2 heterocycles. The minimum Gasteiger partial charge on any atom is -0.504 e. The van der Waals surface area contributed by atoms with Crippen LogP contribution in [0.1, 0.15) is 73.0 Å². The highest BCUT2D eigenvalue weighted by Crippen LogP contribution is 2.31. The van der Waals surface area contributed by atoms with Gasteiger partial charge < -0.3 is 44.9 Å². The van der Waals surface area contributed by atoms with Crippen molar-refractivity contribution in [1.29, 1.82) is 0 Å². The maximum Gasteiger partial charge on any atom is 0.279 e. The number of hydrogen-bond donors (Lipinski definition) is 4. The van der Waals surface area contributed by atoms with Crippen molar-refractivity contribution in [1.82, 2.24) is 19.1 Å². The van der Waals surface area contributed by atoms with E-state index in [-0.39, 0.29) is 41.7 Å². The summed E-state index contributed by atoms with van der Waals surface area (Å²) in [6.07, 6.45) is 4.16. The van der Waals surface area contributed by atoms with E-state index in [0.717, 1.165) is 22.6 Å². The van der Waals surface area contributed by atoms with Gasteiger partial charge in [0, 0.05) is 43.7 Å². The molecule has 1 amide bonds. The minimum absolute atomic E-state index is 0. The molecule has 440 valence electrons. The first-order valence-electron chi connectivity index (χ1n) is 26.8. The number of nitrogens with one attached hydrogen (secondary N) is 1. The summed E-state index contributed by atoms with van der Waals surface area (Å²) in [5.74, 6) is 0.775. The van der Waals surface area contributed by atoms with Crippen LogP contribution in [0.25, 0.3) is 45.3 Å². The molecule has 0 aliphatic carbocycles. The number of aldehydes is 1. The van der Waals surface area contributed by atoms with Gasteiger partial charge in [-0.25, -0.2) is 9.97 Å². The molecule has 0 aliphatic heterocycles. The average molecular weight is 1150 g/mol. The molecule has 0 unspecified atom stereocenters. The number of aryl methyl sites for hydroxylation is 1. The second-order valence-corrected chi connectivity index (χ2v) is 17.9. The van der Waals surface area contributed by atoms with E-state index in [4.69, 9.17) is 34.5 Å². The van der Waals surface area contributed by atoms with Gasteiger partial charge in [0.2, 0.25) is 0 Å². The van der Waals surface area contributed by atoms with Gasteiger partial charge in [0.05, 0.1) is 58.5 Å². The Labute approximate surface area is 494 Å². The fourth-order valence-corrected chi connectivity index (χ4v) is 8.47. The normalized spacial score (nSPS) is 10.5. The first kappa shape index (κ1) is 65.6. The van der Waals surface area contributed by atoms with Gasteiger partial charge in [0.15, 0.2) is 29.3 Å². The van der Waals surface area contributed by atoms with Gasteiger partial charge in [-0.1, -0.05) is 117 Å². The number of phenols is 2. The zero-order valence-corrected chi connectivity index (χ0v) is 47.8. The number of carbonyl (C=O) groups is 2. The third kappa shape index (κ3) is 17.9. The Morgan fingerprint density at radius 3 is 1.49 bits per heavy atom. The predicted octanol–water partition coefficient (Wildman–Crippen LogP) is 13.1. The van der Waals surface area contributed by atoms with E-state index >= 15 is 0 Å². The fraction of sp³-hybridized carbons (Fsp3) is 0.176. The topological polar surface area (TPSA) is 229 Å². The molecule has 0 aliphatic rings. The highest BCUT2D eigenvalue weighted by Gasteiger charge is 2.24. The maximum absolute atomic E-state index is 13.2. The smallest absolute Gasteiger partial charge is 0.279 e. The summed E-state index contributed by atoms with van der Waals surface area (Å²) in [4.78, 5) is 57.0. The molecular formula is C68H72N6O11. The molecule has 0 saturated carbocycles. The summed E-state index contributed by atoms with van der Waals surface area (Å²) in [6, 6.07) is 59.7. The quantitative estimate of drug-likeness (QED) is 0.0425. The van der Waals surface area contributed by atoms with Crippen LogP contribution in [0.4, 0.5) is 11.4 Å². The minimum atomic E-state index is -0.849. The maximum atomic E-state index is 13.2. The number of para-hydroxylation sites is 8. The molecule has 0 fully saturated rings. The van der Waals surface area contributed by atoms with Crippen molar-refractivity contribution in [2.45, 2.75) is 48.0 Å². The SMILES string of the molecule is C.CCOC(C)(OCC)OCC.COc1c(O)cccc1/C=C/c1nc2ccccc2c(=O)n1-c1ccccc1.COc1c(O)cccc1C=O.Cc1nc2ccccc2c(=O)n1-c1ccccc1.Nc1ccccc1C(=O)Nc1ccccc1. The van der Waals surface area contributed by atoms with E-state index in [2.05, 4.69) is 15.3 Å². The number of aromatic hydroxyl groups is 2. The van der Waals surface area contributed by atoms with Gasteiger partial charge in [0.1, 0.15) is 11.6 Å². The van der Waals surface area contributed by atoms with Crippen molar-refractivity contribution < 1.29 is 43.5 Å². The summed E-state index contributed by atoms with van der Waals surface area (Å²) < 4.78 is 29.1. The first-order valence-corrected chi connectivity index (χ1v) is 26.8. The second-order valence-electron chi connectivity index (χ2n) is 17.9.